The Morgan fingerprint density at radius 1 is 1.44 bits per heavy atom. The van der Waals surface area contributed by atoms with Gasteiger partial charge in [-0.1, -0.05) is 6.92 Å². The van der Waals surface area contributed by atoms with Crippen molar-refractivity contribution in [1.82, 2.24) is 15.2 Å². The lowest BCUT2D eigenvalue weighted by atomic mass is 10.1. The largest absolute Gasteiger partial charge is 0.384 e. The first kappa shape index (κ1) is 13.1. The molecular formula is C12H19N5S. The molecule has 18 heavy (non-hydrogen) atoms. The number of nitrogens with zero attached hydrogens (tertiary/aromatic N) is 2. The molecule has 0 fully saturated rings. The zero-order valence-corrected chi connectivity index (χ0v) is 11.5. The van der Waals surface area contributed by atoms with Crippen molar-refractivity contribution in [3.63, 3.8) is 0 Å². The van der Waals surface area contributed by atoms with Gasteiger partial charge in [0.05, 0.1) is 12.2 Å². The Kier molecular flexibility index (Phi) is 4.00. The monoisotopic (exact) mass is 265 g/mol. The average Bonchev–Trinajstić information content (AvgIpc) is 2.96. The van der Waals surface area contributed by atoms with Crippen molar-refractivity contribution in [2.24, 2.45) is 12.9 Å². The fourth-order valence-corrected chi connectivity index (χ4v) is 2.92. The van der Waals surface area contributed by atoms with Crippen LogP contribution in [0.15, 0.2) is 18.3 Å². The maximum atomic E-state index is 5.97. The Hall–Kier alpha value is -1.37. The topological polar surface area (TPSA) is 81.9 Å². The smallest absolute Gasteiger partial charge is 0.126 e. The second-order valence-electron chi connectivity index (χ2n) is 4.25. The summed E-state index contributed by atoms with van der Waals surface area (Å²) in [6.45, 7) is 2.16. The van der Waals surface area contributed by atoms with Gasteiger partial charge < -0.3 is 5.73 Å². The third-order valence-electron chi connectivity index (χ3n) is 3.06. The first-order valence-electron chi connectivity index (χ1n) is 5.96. The summed E-state index contributed by atoms with van der Waals surface area (Å²) in [5, 5.41) is 4.15. The van der Waals surface area contributed by atoms with Crippen molar-refractivity contribution in [3.05, 3.63) is 33.6 Å². The van der Waals surface area contributed by atoms with Crippen LogP contribution in [0.2, 0.25) is 0 Å². The average molecular weight is 265 g/mol. The van der Waals surface area contributed by atoms with Crippen molar-refractivity contribution in [1.29, 1.82) is 0 Å². The van der Waals surface area contributed by atoms with Gasteiger partial charge in [0.1, 0.15) is 5.82 Å². The van der Waals surface area contributed by atoms with E-state index in [9.17, 15) is 0 Å². The number of aromatic nitrogens is 2. The van der Waals surface area contributed by atoms with Crippen molar-refractivity contribution in [2.45, 2.75) is 25.8 Å². The van der Waals surface area contributed by atoms with Crippen LogP contribution in [0.25, 0.3) is 0 Å². The number of aryl methyl sites for hydroxylation is 2. The summed E-state index contributed by atoms with van der Waals surface area (Å²) in [5.74, 6) is 6.29. The molecule has 0 radical (unpaired) electrons. The normalized spacial score (nSPS) is 12.8. The summed E-state index contributed by atoms with van der Waals surface area (Å²) >= 11 is 1.82. The highest BCUT2D eigenvalue weighted by Crippen LogP contribution is 2.26. The molecule has 0 amide bonds. The number of nitrogens with one attached hydrogen (secondary N) is 1. The lowest BCUT2D eigenvalue weighted by Crippen LogP contribution is -2.29. The van der Waals surface area contributed by atoms with E-state index < -0.39 is 0 Å². The van der Waals surface area contributed by atoms with Gasteiger partial charge in [-0.25, -0.2) is 0 Å². The van der Waals surface area contributed by atoms with E-state index in [0.717, 1.165) is 18.4 Å². The predicted octanol–water partition coefficient (Wildman–Crippen LogP) is 1.37. The predicted molar refractivity (Wildman–Crippen MR) is 75.1 cm³/mol. The Balaban J connectivity index is 2.16. The van der Waals surface area contributed by atoms with Crippen molar-refractivity contribution in [3.8, 4) is 0 Å². The van der Waals surface area contributed by atoms with E-state index in [4.69, 9.17) is 11.6 Å². The fraction of sp³-hybridized carbons (Fsp3) is 0.417. The van der Waals surface area contributed by atoms with E-state index in [1.807, 2.05) is 18.4 Å². The van der Waals surface area contributed by atoms with E-state index in [2.05, 4.69) is 29.6 Å². The van der Waals surface area contributed by atoms with Crippen LogP contribution in [0.1, 0.15) is 28.3 Å². The Morgan fingerprint density at radius 3 is 2.67 bits per heavy atom. The third-order valence-corrected chi connectivity index (χ3v) is 4.31. The molecule has 0 aliphatic rings. The summed E-state index contributed by atoms with van der Waals surface area (Å²) in [5.41, 5.74) is 9.74. The molecule has 0 aromatic carbocycles. The molecule has 2 rings (SSSR count). The highest BCUT2D eigenvalue weighted by Gasteiger charge is 2.17. The highest BCUT2D eigenvalue weighted by molar-refractivity contribution is 7.11. The van der Waals surface area contributed by atoms with E-state index in [0.29, 0.717) is 5.82 Å². The molecule has 98 valence electrons. The number of anilines is 1. The van der Waals surface area contributed by atoms with Gasteiger partial charge in [0.25, 0.3) is 0 Å². The number of hydrogen-bond acceptors (Lipinski definition) is 5. The standard InChI is InChI=1S/C12H19N5S/c1-3-8-4-5-9(18-8)6-11(16-14)10-7-15-17(2)12(10)13/h4-5,7,11,16H,3,6,13-14H2,1-2H3. The summed E-state index contributed by atoms with van der Waals surface area (Å²) < 4.78 is 1.66. The van der Waals surface area contributed by atoms with Crippen LogP contribution in [0.3, 0.4) is 0 Å². The van der Waals surface area contributed by atoms with Gasteiger partial charge in [-0.15, -0.1) is 11.3 Å². The molecule has 1 unspecified atom stereocenters. The molecule has 0 aliphatic carbocycles. The molecule has 1 atom stereocenters. The number of hydrazine groups is 1. The highest BCUT2D eigenvalue weighted by atomic mass is 32.1. The number of nitrogens with two attached hydrogens (primary N) is 2. The second kappa shape index (κ2) is 5.51. The maximum absolute atomic E-state index is 5.97. The van der Waals surface area contributed by atoms with E-state index >= 15 is 0 Å². The molecule has 2 aromatic heterocycles. The van der Waals surface area contributed by atoms with Crippen LogP contribution in [0, 0.1) is 0 Å². The van der Waals surface area contributed by atoms with Gasteiger partial charge in [0.15, 0.2) is 0 Å². The second-order valence-corrected chi connectivity index (χ2v) is 5.51. The molecular weight excluding hydrogens is 246 g/mol. The zero-order chi connectivity index (χ0) is 13.1. The lowest BCUT2D eigenvalue weighted by molar-refractivity contribution is 0.557. The van der Waals surface area contributed by atoms with Crippen molar-refractivity contribution >= 4 is 17.2 Å². The summed E-state index contributed by atoms with van der Waals surface area (Å²) in [6, 6.07) is 4.32. The molecule has 5 nitrogen and oxygen atoms in total. The van der Waals surface area contributed by atoms with Gasteiger partial charge in [0, 0.05) is 28.8 Å². The molecule has 5 N–H and O–H groups in total. The van der Waals surface area contributed by atoms with Crippen LogP contribution in [0.5, 0.6) is 0 Å². The molecule has 2 heterocycles. The van der Waals surface area contributed by atoms with Crippen LogP contribution < -0.4 is 17.0 Å². The maximum Gasteiger partial charge on any atom is 0.126 e. The minimum absolute atomic E-state index is 0.00190. The number of rotatable bonds is 5. The fourth-order valence-electron chi connectivity index (χ4n) is 1.91. The summed E-state index contributed by atoms with van der Waals surface area (Å²) in [4.78, 5) is 2.69. The van der Waals surface area contributed by atoms with E-state index in [1.165, 1.54) is 9.75 Å². The SMILES string of the molecule is CCc1ccc(CC(NN)c2cnn(C)c2N)s1. The number of nitrogen functional groups attached to an aromatic ring is 1. The molecule has 0 spiro atoms. The zero-order valence-electron chi connectivity index (χ0n) is 10.7. The molecule has 0 saturated heterocycles. The molecule has 6 heteroatoms. The minimum atomic E-state index is 0.00190. The van der Waals surface area contributed by atoms with E-state index in [1.54, 1.807) is 10.9 Å². The van der Waals surface area contributed by atoms with Crippen molar-refractivity contribution in [2.75, 3.05) is 5.73 Å². The first-order chi connectivity index (χ1) is 8.65. The van der Waals surface area contributed by atoms with Gasteiger partial charge in [-0.3, -0.25) is 16.0 Å². The van der Waals surface area contributed by atoms with E-state index in [-0.39, 0.29) is 6.04 Å². The number of hydrogen-bond donors (Lipinski definition) is 3. The molecule has 0 aliphatic heterocycles. The third kappa shape index (κ3) is 2.55. The number of thiophene rings is 1. The molecule has 2 aromatic rings. The van der Waals surface area contributed by atoms with Gasteiger partial charge in [-0.05, 0) is 18.6 Å². The van der Waals surface area contributed by atoms with Gasteiger partial charge in [0.2, 0.25) is 0 Å². The van der Waals surface area contributed by atoms with Gasteiger partial charge >= 0.3 is 0 Å². The van der Waals surface area contributed by atoms with Crippen LogP contribution >= 0.6 is 11.3 Å². The lowest BCUT2D eigenvalue weighted by Gasteiger charge is -2.14. The summed E-state index contributed by atoms with van der Waals surface area (Å²) in [7, 11) is 1.83. The Bertz CT molecular complexity index is 516. The van der Waals surface area contributed by atoms with Gasteiger partial charge in [-0.2, -0.15) is 5.10 Å². The molecule has 0 saturated carbocycles. The molecule has 0 bridgehead atoms. The quantitative estimate of drug-likeness (QED) is 0.563. The Labute approximate surface area is 111 Å². The first-order valence-corrected chi connectivity index (χ1v) is 6.78. The van der Waals surface area contributed by atoms with Crippen molar-refractivity contribution < 1.29 is 0 Å². The Morgan fingerprint density at radius 2 is 2.17 bits per heavy atom. The summed E-state index contributed by atoms with van der Waals surface area (Å²) in [6.07, 6.45) is 3.67. The van der Waals surface area contributed by atoms with Crippen LogP contribution in [-0.4, -0.2) is 9.78 Å². The minimum Gasteiger partial charge on any atom is -0.384 e. The van der Waals surface area contributed by atoms with Crippen LogP contribution in [-0.2, 0) is 19.9 Å². The van der Waals surface area contributed by atoms with Crippen LogP contribution in [0.4, 0.5) is 5.82 Å².